The topological polar surface area (TPSA) is 37.3 Å². The maximum atomic E-state index is 12.2. The molecule has 0 atom stereocenters. The average Bonchev–Trinajstić information content (AvgIpc) is 2.24. The van der Waals surface area contributed by atoms with Crippen LogP contribution in [0.1, 0.15) is 0 Å². The van der Waals surface area contributed by atoms with E-state index in [1.54, 1.807) is 0 Å². The molecule has 1 rings (SSSR count). The molecule has 2 nitrogen and oxygen atoms in total. The molecule has 80 valence electrons. The second kappa shape index (κ2) is 5.02. The summed E-state index contributed by atoms with van der Waals surface area (Å²) in [5.74, 6) is -12.9. The standard InChI is InChI=1S/C6HF5O.Fe.O/c7-1-2(8)4(10)6(12)5(11)3(1)9;;/h12H;;. The van der Waals surface area contributed by atoms with E-state index >= 15 is 0 Å². The van der Waals surface area contributed by atoms with Crippen molar-refractivity contribution in [3.63, 3.8) is 0 Å². The molecule has 0 fully saturated rings. The summed E-state index contributed by atoms with van der Waals surface area (Å²) in [6, 6.07) is 0. The number of benzene rings is 1. The zero-order chi connectivity index (χ0) is 11.5. The molecule has 0 aliphatic rings. The van der Waals surface area contributed by atoms with Crippen LogP contribution in [-0.4, -0.2) is 5.11 Å². The summed E-state index contributed by atoms with van der Waals surface area (Å²) in [6.45, 7) is 0. The quantitative estimate of drug-likeness (QED) is 0.333. The van der Waals surface area contributed by atoms with Crippen molar-refractivity contribution in [2.24, 2.45) is 0 Å². The van der Waals surface area contributed by atoms with Crippen LogP contribution in [0.3, 0.4) is 0 Å². The van der Waals surface area contributed by atoms with Crippen LogP contribution in [0.5, 0.6) is 5.75 Å². The van der Waals surface area contributed by atoms with Gasteiger partial charge in [-0.15, -0.1) is 0 Å². The number of phenolic OH excluding ortho intramolecular Hbond substituents is 1. The Bertz CT molecular complexity index is 252. The molecule has 0 saturated heterocycles. The van der Waals surface area contributed by atoms with Crippen LogP contribution in [0.4, 0.5) is 22.0 Å². The third-order valence-corrected chi connectivity index (χ3v) is 1.19. The van der Waals surface area contributed by atoms with Gasteiger partial charge in [0.25, 0.3) is 0 Å². The van der Waals surface area contributed by atoms with Crippen molar-refractivity contribution in [2.75, 3.05) is 0 Å². The fourth-order valence-corrected chi connectivity index (χ4v) is 0.593. The molecule has 0 bridgehead atoms. The predicted molar refractivity (Wildman–Crippen MR) is 28.6 cm³/mol. The van der Waals surface area contributed by atoms with E-state index in [1.165, 1.54) is 0 Å². The first-order valence-electron chi connectivity index (χ1n) is 2.81. The van der Waals surface area contributed by atoms with Crippen molar-refractivity contribution in [3.8, 4) is 5.75 Å². The Balaban J connectivity index is 0.000000791. The van der Waals surface area contributed by atoms with Gasteiger partial charge in [0.15, 0.2) is 5.75 Å². The molecule has 0 aliphatic heterocycles. The first-order valence-corrected chi connectivity index (χ1v) is 3.26. The normalized spacial score (nSPS) is 9.29. The van der Waals surface area contributed by atoms with Crippen molar-refractivity contribution < 1.29 is 46.8 Å². The Morgan fingerprint density at radius 2 is 0.929 bits per heavy atom. The summed E-state index contributed by atoms with van der Waals surface area (Å²) in [5, 5.41) is 8.30. The van der Waals surface area contributed by atoms with Crippen molar-refractivity contribution in [3.05, 3.63) is 29.1 Å². The van der Waals surface area contributed by atoms with Crippen LogP contribution in [0.15, 0.2) is 0 Å². The zero-order valence-corrected chi connectivity index (χ0v) is 7.20. The summed E-state index contributed by atoms with van der Waals surface area (Å²) in [4.78, 5) is 0. The van der Waals surface area contributed by atoms with Crippen LogP contribution in [-0.2, 0) is 19.8 Å². The molecule has 0 aliphatic carbocycles. The monoisotopic (exact) mass is 256 g/mol. The first kappa shape index (κ1) is 13.0. The molecular weight excluding hydrogens is 255 g/mol. The Hall–Kier alpha value is -1.01. The van der Waals surface area contributed by atoms with E-state index < -0.39 is 34.8 Å². The molecule has 0 radical (unpaired) electrons. The van der Waals surface area contributed by atoms with Gasteiger partial charge < -0.3 is 5.11 Å². The van der Waals surface area contributed by atoms with Gasteiger partial charge in [0.05, 0.1) is 0 Å². The molecule has 0 unspecified atom stereocenters. The third-order valence-electron chi connectivity index (χ3n) is 1.19. The molecule has 1 aromatic rings. The van der Waals surface area contributed by atoms with E-state index in [1.807, 2.05) is 15.9 Å². The van der Waals surface area contributed by atoms with Crippen molar-refractivity contribution >= 4 is 0 Å². The summed E-state index contributed by atoms with van der Waals surface area (Å²) >= 11 is 2.00. The Labute approximate surface area is 82.4 Å². The number of hydrogen-bond acceptors (Lipinski definition) is 2. The SMILES string of the molecule is Oc1c(F)c(F)c(F)c(F)c1F.[O]=[Fe]. The number of aromatic hydroxyl groups is 1. The van der Waals surface area contributed by atoms with Gasteiger partial charge in [0.1, 0.15) is 0 Å². The molecule has 0 amide bonds. The summed E-state index contributed by atoms with van der Waals surface area (Å²) in [6.07, 6.45) is 0. The van der Waals surface area contributed by atoms with Crippen molar-refractivity contribution in [1.29, 1.82) is 0 Å². The summed E-state index contributed by atoms with van der Waals surface area (Å²) in [5.41, 5.74) is 0. The molecule has 1 aromatic carbocycles. The van der Waals surface area contributed by atoms with Crippen LogP contribution < -0.4 is 0 Å². The van der Waals surface area contributed by atoms with Gasteiger partial charge in [-0.25, -0.2) is 13.2 Å². The van der Waals surface area contributed by atoms with E-state index in [9.17, 15) is 22.0 Å². The summed E-state index contributed by atoms with van der Waals surface area (Å²) < 4.78 is 68.6. The van der Waals surface area contributed by atoms with Crippen LogP contribution in [0.2, 0.25) is 0 Å². The molecule has 1 N–H and O–H groups in total. The molecule has 8 heteroatoms. The number of phenols is 1. The van der Waals surface area contributed by atoms with E-state index in [0.29, 0.717) is 0 Å². The van der Waals surface area contributed by atoms with E-state index in [0.717, 1.165) is 0 Å². The number of halogens is 5. The Kier molecular flexibility index (Phi) is 4.65. The van der Waals surface area contributed by atoms with E-state index in [4.69, 9.17) is 8.94 Å². The van der Waals surface area contributed by atoms with Gasteiger partial charge in [-0.1, -0.05) is 0 Å². The van der Waals surface area contributed by atoms with Crippen molar-refractivity contribution in [2.45, 2.75) is 0 Å². The number of rotatable bonds is 0. The maximum absolute atomic E-state index is 12.2. The van der Waals surface area contributed by atoms with E-state index in [-0.39, 0.29) is 0 Å². The molecule has 14 heavy (non-hydrogen) atoms. The van der Waals surface area contributed by atoms with E-state index in [2.05, 4.69) is 0 Å². The summed E-state index contributed by atoms with van der Waals surface area (Å²) in [7, 11) is 0. The molecule has 0 saturated carbocycles. The molecule has 0 spiro atoms. The predicted octanol–water partition coefficient (Wildman–Crippen LogP) is 1.97. The first-order chi connectivity index (χ1) is 6.46. The van der Waals surface area contributed by atoms with Crippen LogP contribution >= 0.6 is 0 Å². The van der Waals surface area contributed by atoms with Gasteiger partial charge in [0, 0.05) is 0 Å². The fourth-order valence-electron chi connectivity index (χ4n) is 0.593. The second-order valence-electron chi connectivity index (χ2n) is 1.92. The van der Waals surface area contributed by atoms with Gasteiger partial charge in [-0.3, -0.25) is 0 Å². The molecule has 0 aromatic heterocycles. The van der Waals surface area contributed by atoms with Gasteiger partial charge in [0.2, 0.25) is 29.1 Å². The van der Waals surface area contributed by atoms with Crippen LogP contribution in [0.25, 0.3) is 0 Å². The van der Waals surface area contributed by atoms with Gasteiger partial charge >= 0.3 is 19.8 Å². The zero-order valence-electron chi connectivity index (χ0n) is 6.10. The van der Waals surface area contributed by atoms with Gasteiger partial charge in [-0.05, 0) is 0 Å². The molecular formula is C6HF5FeO2. The minimum absolute atomic E-state index is 1.87. The fraction of sp³-hybridized carbons (Fsp3) is 0. The Morgan fingerprint density at radius 3 is 1.21 bits per heavy atom. The average molecular weight is 256 g/mol. The third kappa shape index (κ3) is 2.07. The second-order valence-corrected chi connectivity index (χ2v) is 1.92. The Morgan fingerprint density at radius 1 is 0.714 bits per heavy atom. The number of hydrogen-bond donors (Lipinski definition) is 1. The minimum atomic E-state index is -2.29. The van der Waals surface area contributed by atoms with Crippen LogP contribution in [0, 0.1) is 29.1 Å². The van der Waals surface area contributed by atoms with Crippen molar-refractivity contribution in [1.82, 2.24) is 0 Å². The van der Waals surface area contributed by atoms with Gasteiger partial charge in [-0.2, -0.15) is 8.78 Å². The molecule has 0 heterocycles.